The molecule has 2 rings (SSSR count). The molecule has 4 heteroatoms. The highest BCUT2D eigenvalue weighted by molar-refractivity contribution is 5.44. The highest BCUT2D eigenvalue weighted by Gasteiger charge is 2.13. The number of hydrogen-bond acceptors (Lipinski definition) is 4. The summed E-state index contributed by atoms with van der Waals surface area (Å²) < 4.78 is 10.7. The maximum atomic E-state index is 5.37. The van der Waals surface area contributed by atoms with E-state index >= 15 is 0 Å². The predicted molar refractivity (Wildman–Crippen MR) is 72.0 cm³/mol. The molecule has 100 valence electrons. The van der Waals surface area contributed by atoms with Gasteiger partial charge in [-0.25, -0.2) is 0 Å². The molecular weight excluding hydrogens is 228 g/mol. The zero-order valence-corrected chi connectivity index (χ0v) is 11.4. The summed E-state index contributed by atoms with van der Waals surface area (Å²) in [4.78, 5) is 2.21. The topological polar surface area (TPSA) is 33.7 Å². The number of ether oxygens (including phenoxy) is 2. The van der Waals surface area contributed by atoms with Gasteiger partial charge in [-0.3, -0.25) is 0 Å². The van der Waals surface area contributed by atoms with Crippen LogP contribution in [0.15, 0.2) is 18.2 Å². The normalized spacial score (nSPS) is 15.1. The molecule has 1 N–H and O–H groups in total. The van der Waals surface area contributed by atoms with E-state index in [4.69, 9.17) is 9.47 Å². The fraction of sp³-hybridized carbons (Fsp3) is 0.571. The second kappa shape index (κ2) is 6.07. The van der Waals surface area contributed by atoms with Crippen LogP contribution in [-0.2, 0) is 6.54 Å². The van der Waals surface area contributed by atoms with Crippen molar-refractivity contribution in [1.29, 1.82) is 0 Å². The Morgan fingerprint density at radius 2 is 2.06 bits per heavy atom. The number of nitrogens with zero attached hydrogens (tertiary/aromatic N) is 1. The van der Waals surface area contributed by atoms with Gasteiger partial charge in [-0.1, -0.05) is 6.07 Å². The second-order valence-corrected chi connectivity index (χ2v) is 5.06. The largest absolute Gasteiger partial charge is 0.454 e. The summed E-state index contributed by atoms with van der Waals surface area (Å²) in [6.45, 7) is 4.53. The molecule has 0 bridgehead atoms. The van der Waals surface area contributed by atoms with Gasteiger partial charge in [-0.15, -0.1) is 0 Å². The van der Waals surface area contributed by atoms with Crippen LogP contribution in [0.25, 0.3) is 0 Å². The van der Waals surface area contributed by atoms with Crippen LogP contribution in [0.1, 0.15) is 18.9 Å². The summed E-state index contributed by atoms with van der Waals surface area (Å²) in [6.07, 6.45) is 1.15. The fourth-order valence-electron chi connectivity index (χ4n) is 1.90. The van der Waals surface area contributed by atoms with Gasteiger partial charge in [0.25, 0.3) is 0 Å². The molecule has 1 atom stereocenters. The average Bonchev–Trinajstić information content (AvgIpc) is 2.81. The van der Waals surface area contributed by atoms with E-state index in [2.05, 4.69) is 37.3 Å². The third-order valence-corrected chi connectivity index (χ3v) is 3.10. The molecule has 4 nitrogen and oxygen atoms in total. The van der Waals surface area contributed by atoms with Crippen molar-refractivity contribution in [2.24, 2.45) is 0 Å². The molecule has 0 saturated carbocycles. The first-order valence-electron chi connectivity index (χ1n) is 6.42. The first-order valence-corrected chi connectivity index (χ1v) is 6.42. The zero-order chi connectivity index (χ0) is 13.0. The Morgan fingerprint density at radius 1 is 1.28 bits per heavy atom. The monoisotopic (exact) mass is 250 g/mol. The van der Waals surface area contributed by atoms with Crippen molar-refractivity contribution in [3.8, 4) is 11.5 Å². The van der Waals surface area contributed by atoms with Crippen molar-refractivity contribution in [2.45, 2.75) is 25.9 Å². The smallest absolute Gasteiger partial charge is 0.231 e. The van der Waals surface area contributed by atoms with Gasteiger partial charge in [-0.05, 0) is 51.7 Å². The summed E-state index contributed by atoms with van der Waals surface area (Å²) in [5.74, 6) is 1.70. The SMILES string of the molecule is CC(CCN(C)C)NCc1ccc2c(c1)OCO2. The first-order chi connectivity index (χ1) is 8.65. The molecule has 1 aliphatic heterocycles. The van der Waals surface area contributed by atoms with Gasteiger partial charge in [0.1, 0.15) is 0 Å². The predicted octanol–water partition coefficient (Wildman–Crippen LogP) is 1.85. The number of hydrogen-bond donors (Lipinski definition) is 1. The van der Waals surface area contributed by atoms with E-state index in [1.165, 1.54) is 5.56 Å². The Bertz CT molecular complexity index is 393. The molecule has 0 aliphatic carbocycles. The van der Waals surface area contributed by atoms with Crippen molar-refractivity contribution in [3.05, 3.63) is 23.8 Å². The lowest BCUT2D eigenvalue weighted by molar-refractivity contribution is 0.174. The van der Waals surface area contributed by atoms with Gasteiger partial charge in [0.2, 0.25) is 6.79 Å². The van der Waals surface area contributed by atoms with Gasteiger partial charge in [0.15, 0.2) is 11.5 Å². The lowest BCUT2D eigenvalue weighted by atomic mass is 10.1. The maximum absolute atomic E-state index is 5.37. The van der Waals surface area contributed by atoms with Crippen LogP contribution >= 0.6 is 0 Å². The number of rotatable bonds is 6. The van der Waals surface area contributed by atoms with Gasteiger partial charge in [0, 0.05) is 12.6 Å². The maximum Gasteiger partial charge on any atom is 0.231 e. The molecule has 0 amide bonds. The Morgan fingerprint density at radius 3 is 2.83 bits per heavy atom. The molecule has 1 heterocycles. The lowest BCUT2D eigenvalue weighted by Gasteiger charge is -2.16. The van der Waals surface area contributed by atoms with Gasteiger partial charge in [-0.2, -0.15) is 0 Å². The molecule has 0 aromatic heterocycles. The van der Waals surface area contributed by atoms with Gasteiger partial charge < -0.3 is 19.7 Å². The molecule has 1 aromatic rings. The number of benzene rings is 1. The van der Waals surface area contributed by atoms with Crippen LogP contribution in [0.2, 0.25) is 0 Å². The van der Waals surface area contributed by atoms with E-state index < -0.39 is 0 Å². The quantitative estimate of drug-likeness (QED) is 0.835. The Kier molecular flexibility index (Phi) is 4.44. The molecular formula is C14H22N2O2. The average molecular weight is 250 g/mol. The molecule has 1 aromatic carbocycles. The van der Waals surface area contributed by atoms with E-state index in [-0.39, 0.29) is 0 Å². The lowest BCUT2D eigenvalue weighted by Crippen LogP contribution is -2.29. The van der Waals surface area contributed by atoms with Crippen molar-refractivity contribution in [3.63, 3.8) is 0 Å². The molecule has 1 unspecified atom stereocenters. The van der Waals surface area contributed by atoms with E-state index in [9.17, 15) is 0 Å². The minimum Gasteiger partial charge on any atom is -0.454 e. The second-order valence-electron chi connectivity index (χ2n) is 5.06. The van der Waals surface area contributed by atoms with Gasteiger partial charge >= 0.3 is 0 Å². The first kappa shape index (κ1) is 13.2. The zero-order valence-electron chi connectivity index (χ0n) is 11.4. The van der Waals surface area contributed by atoms with Crippen LogP contribution < -0.4 is 14.8 Å². The molecule has 0 fully saturated rings. The minimum absolute atomic E-state index is 0.339. The third-order valence-electron chi connectivity index (χ3n) is 3.10. The highest BCUT2D eigenvalue weighted by Crippen LogP contribution is 2.32. The summed E-state index contributed by atoms with van der Waals surface area (Å²) in [7, 11) is 4.20. The summed E-state index contributed by atoms with van der Waals surface area (Å²) >= 11 is 0. The minimum atomic E-state index is 0.339. The van der Waals surface area contributed by atoms with Crippen LogP contribution in [0.3, 0.4) is 0 Å². The van der Waals surface area contributed by atoms with Crippen LogP contribution in [0, 0.1) is 0 Å². The van der Waals surface area contributed by atoms with Crippen LogP contribution in [0.4, 0.5) is 0 Å². The number of nitrogens with one attached hydrogen (secondary N) is 1. The van der Waals surface area contributed by atoms with Crippen molar-refractivity contribution < 1.29 is 9.47 Å². The fourth-order valence-corrected chi connectivity index (χ4v) is 1.90. The van der Waals surface area contributed by atoms with E-state index in [0.29, 0.717) is 12.8 Å². The standard InChI is InChI=1S/C14H22N2O2/c1-11(6-7-16(2)3)15-9-12-4-5-13-14(8-12)18-10-17-13/h4-5,8,11,15H,6-7,9-10H2,1-3H3. The Balaban J connectivity index is 1.79. The Hall–Kier alpha value is -1.26. The molecule has 18 heavy (non-hydrogen) atoms. The van der Waals surface area contributed by atoms with Crippen molar-refractivity contribution in [1.82, 2.24) is 10.2 Å². The molecule has 0 spiro atoms. The summed E-state index contributed by atoms with van der Waals surface area (Å²) in [5.41, 5.74) is 1.23. The molecule has 1 aliphatic rings. The summed E-state index contributed by atoms with van der Waals surface area (Å²) in [6, 6.07) is 6.62. The third kappa shape index (κ3) is 3.62. The highest BCUT2D eigenvalue weighted by atomic mass is 16.7. The van der Waals surface area contributed by atoms with Crippen molar-refractivity contribution in [2.75, 3.05) is 27.4 Å². The van der Waals surface area contributed by atoms with E-state index in [1.54, 1.807) is 0 Å². The number of fused-ring (bicyclic) bond motifs is 1. The van der Waals surface area contributed by atoms with Crippen LogP contribution in [-0.4, -0.2) is 38.4 Å². The van der Waals surface area contributed by atoms with Crippen LogP contribution in [0.5, 0.6) is 11.5 Å². The van der Waals surface area contributed by atoms with Crippen molar-refractivity contribution >= 4 is 0 Å². The van der Waals surface area contributed by atoms with E-state index in [1.807, 2.05) is 12.1 Å². The van der Waals surface area contributed by atoms with E-state index in [0.717, 1.165) is 31.0 Å². The summed E-state index contributed by atoms with van der Waals surface area (Å²) in [5, 5.41) is 3.52. The molecule has 0 saturated heterocycles. The molecule has 0 radical (unpaired) electrons. The Labute approximate surface area is 109 Å². The van der Waals surface area contributed by atoms with Gasteiger partial charge in [0.05, 0.1) is 0 Å².